The smallest absolute Gasteiger partial charge is 0.240 e. The normalized spacial score (nSPS) is 11.8. The zero-order chi connectivity index (χ0) is 23.5. The van der Waals surface area contributed by atoms with Crippen LogP contribution in [0.15, 0.2) is 91.0 Å². The summed E-state index contributed by atoms with van der Waals surface area (Å²) in [4.78, 5) is 28.2. The maximum absolute atomic E-state index is 14.1. The predicted octanol–water partition coefficient (Wildman–Crippen LogP) is 3.87. The Morgan fingerprint density at radius 1 is 0.758 bits per heavy atom. The lowest BCUT2D eigenvalue weighted by Crippen LogP contribution is -2.50. The van der Waals surface area contributed by atoms with E-state index in [0.717, 1.165) is 24.0 Å². The summed E-state index contributed by atoms with van der Waals surface area (Å²) in [5.41, 5.74) is 14.5. The summed E-state index contributed by atoms with van der Waals surface area (Å²) in [6, 6.07) is 28.9. The second-order valence-corrected chi connectivity index (χ2v) is 8.22. The van der Waals surface area contributed by atoms with Gasteiger partial charge in [0.2, 0.25) is 11.8 Å². The van der Waals surface area contributed by atoms with Gasteiger partial charge in [0.1, 0.15) is 6.04 Å². The molecule has 3 aromatic carbocycles. The number of nitrogens with zero attached hydrogens (tertiary/aromatic N) is 1. The molecule has 3 rings (SSSR count). The number of carbonyl (C=O) groups is 2. The number of hydrogen-bond donors (Lipinski definition) is 2. The van der Waals surface area contributed by atoms with E-state index in [-0.39, 0.29) is 5.91 Å². The van der Waals surface area contributed by atoms with Crippen LogP contribution in [0.2, 0.25) is 0 Å². The summed E-state index contributed by atoms with van der Waals surface area (Å²) in [5.74, 6) is -1.11. The van der Waals surface area contributed by atoms with Crippen molar-refractivity contribution in [1.82, 2.24) is 4.90 Å². The molecular formula is C28H33N3O2. The summed E-state index contributed by atoms with van der Waals surface area (Å²) < 4.78 is 0. The average molecular weight is 444 g/mol. The summed E-state index contributed by atoms with van der Waals surface area (Å²) in [6.07, 6.45) is 2.63. The van der Waals surface area contributed by atoms with Gasteiger partial charge in [0.25, 0.3) is 0 Å². The third-order valence-electron chi connectivity index (χ3n) is 5.89. The highest BCUT2D eigenvalue weighted by Crippen LogP contribution is 2.28. The number of primary amides is 1. The summed E-state index contributed by atoms with van der Waals surface area (Å²) >= 11 is 0. The van der Waals surface area contributed by atoms with Crippen molar-refractivity contribution >= 4 is 11.8 Å². The van der Waals surface area contributed by atoms with Gasteiger partial charge in [-0.2, -0.15) is 0 Å². The van der Waals surface area contributed by atoms with Crippen LogP contribution in [0.1, 0.15) is 41.9 Å². The number of benzene rings is 3. The van der Waals surface area contributed by atoms with Crippen molar-refractivity contribution in [2.45, 2.75) is 37.6 Å². The van der Waals surface area contributed by atoms with Crippen LogP contribution < -0.4 is 11.5 Å². The maximum Gasteiger partial charge on any atom is 0.240 e. The van der Waals surface area contributed by atoms with Crippen LogP contribution in [0.4, 0.5) is 0 Å². The van der Waals surface area contributed by atoms with Crippen molar-refractivity contribution in [3.05, 3.63) is 108 Å². The molecular weight excluding hydrogens is 410 g/mol. The van der Waals surface area contributed by atoms with Crippen LogP contribution >= 0.6 is 0 Å². The van der Waals surface area contributed by atoms with Crippen LogP contribution in [0, 0.1) is 0 Å². The SMILES string of the molecule is NCCC[C@H](C(N)=O)N(CCCc1ccccc1)C(=O)C(c1ccccc1)c1ccccc1. The molecule has 0 saturated heterocycles. The predicted molar refractivity (Wildman–Crippen MR) is 132 cm³/mol. The van der Waals surface area contributed by atoms with Gasteiger partial charge in [0.15, 0.2) is 0 Å². The summed E-state index contributed by atoms with van der Waals surface area (Å²) in [5, 5.41) is 0. The van der Waals surface area contributed by atoms with Gasteiger partial charge in [0.05, 0.1) is 5.92 Å². The molecule has 0 saturated carbocycles. The van der Waals surface area contributed by atoms with Crippen LogP contribution in [0.5, 0.6) is 0 Å². The highest BCUT2D eigenvalue weighted by molar-refractivity contribution is 5.92. The van der Waals surface area contributed by atoms with E-state index >= 15 is 0 Å². The Morgan fingerprint density at radius 3 is 1.76 bits per heavy atom. The molecule has 0 spiro atoms. The van der Waals surface area contributed by atoms with Crippen molar-refractivity contribution in [2.24, 2.45) is 11.5 Å². The Morgan fingerprint density at radius 2 is 1.27 bits per heavy atom. The van der Waals surface area contributed by atoms with Gasteiger partial charge in [-0.05, 0) is 48.9 Å². The first-order chi connectivity index (χ1) is 16.1. The van der Waals surface area contributed by atoms with E-state index in [9.17, 15) is 9.59 Å². The molecule has 33 heavy (non-hydrogen) atoms. The highest BCUT2D eigenvalue weighted by atomic mass is 16.2. The Hall–Kier alpha value is -3.44. The molecule has 2 amide bonds. The van der Waals surface area contributed by atoms with E-state index in [1.165, 1.54) is 5.56 Å². The monoisotopic (exact) mass is 443 g/mol. The molecule has 0 aliphatic rings. The molecule has 172 valence electrons. The van der Waals surface area contributed by atoms with Crippen molar-refractivity contribution in [3.63, 3.8) is 0 Å². The van der Waals surface area contributed by atoms with Crippen molar-refractivity contribution < 1.29 is 9.59 Å². The maximum atomic E-state index is 14.1. The van der Waals surface area contributed by atoms with Crippen molar-refractivity contribution in [2.75, 3.05) is 13.1 Å². The quantitative estimate of drug-likeness (QED) is 0.445. The third kappa shape index (κ3) is 6.77. The van der Waals surface area contributed by atoms with E-state index < -0.39 is 17.9 Å². The zero-order valence-corrected chi connectivity index (χ0v) is 19.0. The minimum Gasteiger partial charge on any atom is -0.368 e. The van der Waals surface area contributed by atoms with E-state index in [2.05, 4.69) is 12.1 Å². The van der Waals surface area contributed by atoms with Gasteiger partial charge in [-0.3, -0.25) is 9.59 Å². The van der Waals surface area contributed by atoms with Gasteiger partial charge in [-0.25, -0.2) is 0 Å². The standard InChI is InChI=1S/C28H33N3O2/c29-20-10-19-25(27(30)32)31(21-11-14-22-12-4-1-5-13-22)28(33)26(23-15-6-2-7-16-23)24-17-8-3-9-18-24/h1-9,12-13,15-18,25-26H,10-11,14,19-21,29H2,(H2,30,32)/t25-/m1/s1. The fraction of sp³-hybridized carbons (Fsp3) is 0.286. The number of hydrogen-bond acceptors (Lipinski definition) is 3. The number of nitrogens with two attached hydrogens (primary N) is 2. The lowest BCUT2D eigenvalue weighted by molar-refractivity contribution is -0.140. The molecule has 3 aromatic rings. The first kappa shape index (κ1) is 24.2. The van der Waals surface area contributed by atoms with E-state index in [4.69, 9.17) is 11.5 Å². The molecule has 4 N–H and O–H groups in total. The van der Waals surface area contributed by atoms with Crippen LogP contribution in [-0.2, 0) is 16.0 Å². The average Bonchev–Trinajstić information content (AvgIpc) is 2.85. The van der Waals surface area contributed by atoms with Crippen LogP contribution in [0.25, 0.3) is 0 Å². The first-order valence-corrected chi connectivity index (χ1v) is 11.6. The Balaban J connectivity index is 1.92. The summed E-state index contributed by atoms with van der Waals surface area (Å²) in [7, 11) is 0. The van der Waals surface area contributed by atoms with E-state index in [1.54, 1.807) is 4.90 Å². The molecule has 5 nitrogen and oxygen atoms in total. The molecule has 0 bridgehead atoms. The molecule has 0 fully saturated rings. The topological polar surface area (TPSA) is 89.4 Å². The third-order valence-corrected chi connectivity index (χ3v) is 5.89. The molecule has 0 aliphatic carbocycles. The Kier molecular flexibility index (Phi) is 9.21. The number of amides is 2. The Labute approximate surface area is 196 Å². The zero-order valence-electron chi connectivity index (χ0n) is 19.0. The molecule has 0 heterocycles. The van der Waals surface area contributed by atoms with Gasteiger partial charge < -0.3 is 16.4 Å². The largest absolute Gasteiger partial charge is 0.368 e. The molecule has 0 radical (unpaired) electrons. The second-order valence-electron chi connectivity index (χ2n) is 8.22. The number of aryl methyl sites for hydroxylation is 1. The lowest BCUT2D eigenvalue weighted by atomic mass is 9.89. The second kappa shape index (κ2) is 12.6. The van der Waals surface area contributed by atoms with Crippen LogP contribution in [0.3, 0.4) is 0 Å². The molecule has 0 unspecified atom stereocenters. The van der Waals surface area contributed by atoms with Gasteiger partial charge in [-0.1, -0.05) is 91.0 Å². The number of carbonyl (C=O) groups excluding carboxylic acids is 2. The van der Waals surface area contributed by atoms with Gasteiger partial charge in [-0.15, -0.1) is 0 Å². The minimum atomic E-state index is -0.688. The fourth-order valence-electron chi connectivity index (χ4n) is 4.22. The molecule has 0 aliphatic heterocycles. The van der Waals surface area contributed by atoms with Crippen LogP contribution in [-0.4, -0.2) is 35.8 Å². The lowest BCUT2D eigenvalue weighted by Gasteiger charge is -2.33. The van der Waals surface area contributed by atoms with E-state index in [1.807, 2.05) is 78.9 Å². The first-order valence-electron chi connectivity index (χ1n) is 11.6. The molecule has 5 heteroatoms. The minimum absolute atomic E-state index is 0.110. The van der Waals surface area contributed by atoms with Gasteiger partial charge in [0, 0.05) is 6.54 Å². The number of rotatable bonds is 12. The Bertz CT molecular complexity index is 954. The highest BCUT2D eigenvalue weighted by Gasteiger charge is 2.33. The molecule has 0 aromatic heterocycles. The fourth-order valence-corrected chi connectivity index (χ4v) is 4.22. The van der Waals surface area contributed by atoms with Crippen molar-refractivity contribution in [1.29, 1.82) is 0 Å². The van der Waals surface area contributed by atoms with E-state index in [0.29, 0.717) is 25.9 Å². The van der Waals surface area contributed by atoms with Crippen molar-refractivity contribution in [3.8, 4) is 0 Å². The summed E-state index contributed by atoms with van der Waals surface area (Å²) in [6.45, 7) is 0.888. The molecule has 1 atom stereocenters. The van der Waals surface area contributed by atoms with Gasteiger partial charge >= 0.3 is 0 Å².